The van der Waals surface area contributed by atoms with Crippen LogP contribution in [0.5, 0.6) is 0 Å². The van der Waals surface area contributed by atoms with E-state index in [0.717, 1.165) is 0 Å². The molecular weight excluding hydrogens is 314 g/mol. The van der Waals surface area contributed by atoms with Gasteiger partial charge in [-0.05, 0) is 19.3 Å². The first kappa shape index (κ1) is 19.7. The van der Waals surface area contributed by atoms with Crippen LogP contribution in [0.3, 0.4) is 0 Å². The zero-order chi connectivity index (χ0) is 16.7. The van der Waals surface area contributed by atoms with Crippen LogP contribution in [0.1, 0.15) is 33.1 Å². The Hall–Kier alpha value is -1.29. The fourth-order valence-corrected chi connectivity index (χ4v) is 1.30. The molecule has 1 atom stereocenters. The first-order valence-corrected chi connectivity index (χ1v) is 7.62. The molecule has 124 valence electrons. The van der Waals surface area contributed by atoms with Gasteiger partial charge in [-0.2, -0.15) is 8.78 Å². The van der Waals surface area contributed by atoms with Crippen molar-refractivity contribution in [2.24, 2.45) is 5.92 Å². The van der Waals surface area contributed by atoms with Crippen molar-refractivity contribution in [2.45, 2.75) is 38.4 Å². The number of halogens is 2. The number of carbonyl (C=O) groups excluding carboxylic acids is 2. The van der Waals surface area contributed by atoms with E-state index in [1.165, 1.54) is 0 Å². The van der Waals surface area contributed by atoms with Crippen LogP contribution in [-0.4, -0.2) is 43.4 Å². The van der Waals surface area contributed by atoms with Gasteiger partial charge in [0.2, 0.25) is 0 Å². The minimum Gasteiger partial charge on any atom is -0.743 e. The number of esters is 2. The fraction of sp³-hybridized carbons (Fsp3) is 0.818. The quantitative estimate of drug-likeness (QED) is 0.352. The average Bonchev–Trinajstić information content (AvgIpc) is 2.39. The van der Waals surface area contributed by atoms with E-state index in [1.807, 2.05) is 6.92 Å². The van der Waals surface area contributed by atoms with Gasteiger partial charge >= 0.3 is 17.2 Å². The summed E-state index contributed by atoms with van der Waals surface area (Å²) < 4.78 is 64.6. The van der Waals surface area contributed by atoms with Gasteiger partial charge in [-0.1, -0.05) is 13.8 Å². The van der Waals surface area contributed by atoms with Crippen LogP contribution in [-0.2, 0) is 29.2 Å². The van der Waals surface area contributed by atoms with Crippen LogP contribution in [0, 0.1) is 5.92 Å². The molecule has 1 unspecified atom stereocenters. The largest absolute Gasteiger partial charge is 0.743 e. The zero-order valence-electron chi connectivity index (χ0n) is 11.6. The summed E-state index contributed by atoms with van der Waals surface area (Å²) in [7, 11) is -6.10. The predicted octanol–water partition coefficient (Wildman–Crippen LogP) is 1.04. The Bertz CT molecular complexity index is 461. The Labute approximate surface area is 121 Å². The van der Waals surface area contributed by atoms with Crippen LogP contribution in [0.15, 0.2) is 0 Å². The number of rotatable bonds is 9. The average molecular weight is 331 g/mol. The summed E-state index contributed by atoms with van der Waals surface area (Å²) in [4.78, 5) is 22.0. The summed E-state index contributed by atoms with van der Waals surface area (Å²) in [6.07, 6.45) is 0.939. The number of carbonyl (C=O) groups is 2. The molecule has 10 heteroatoms. The SMILES string of the molecule is CCC(C)C(=O)OCCCCOC(=O)C(F)(F)S(=O)(=O)[O-]. The molecule has 0 heterocycles. The van der Waals surface area contributed by atoms with Crippen LogP contribution < -0.4 is 0 Å². The molecule has 0 aromatic carbocycles. The maximum Gasteiger partial charge on any atom is 0.428 e. The number of hydrogen-bond acceptors (Lipinski definition) is 7. The van der Waals surface area contributed by atoms with Gasteiger partial charge in [0.05, 0.1) is 19.1 Å². The Balaban J connectivity index is 3.93. The van der Waals surface area contributed by atoms with Gasteiger partial charge < -0.3 is 14.0 Å². The highest BCUT2D eigenvalue weighted by atomic mass is 32.2. The number of hydrogen-bond donors (Lipinski definition) is 0. The monoisotopic (exact) mass is 331 g/mol. The molecule has 0 saturated heterocycles. The predicted molar refractivity (Wildman–Crippen MR) is 65.3 cm³/mol. The van der Waals surface area contributed by atoms with Gasteiger partial charge in [0.25, 0.3) is 0 Å². The highest BCUT2D eigenvalue weighted by Crippen LogP contribution is 2.22. The van der Waals surface area contributed by atoms with Crippen molar-refractivity contribution in [3.63, 3.8) is 0 Å². The number of ether oxygens (including phenoxy) is 2. The Kier molecular flexibility index (Phi) is 7.72. The molecule has 0 rings (SSSR count). The third-order valence-electron chi connectivity index (χ3n) is 2.58. The minimum atomic E-state index is -6.10. The lowest BCUT2D eigenvalue weighted by molar-refractivity contribution is -0.162. The van der Waals surface area contributed by atoms with E-state index in [4.69, 9.17) is 4.74 Å². The lowest BCUT2D eigenvalue weighted by Gasteiger charge is -2.17. The van der Waals surface area contributed by atoms with Crippen molar-refractivity contribution in [2.75, 3.05) is 13.2 Å². The van der Waals surface area contributed by atoms with E-state index in [2.05, 4.69) is 4.74 Å². The minimum absolute atomic E-state index is 0.0248. The Morgan fingerprint density at radius 1 is 1.19 bits per heavy atom. The summed E-state index contributed by atoms with van der Waals surface area (Å²) >= 11 is 0. The molecule has 0 aliphatic carbocycles. The highest BCUT2D eigenvalue weighted by Gasteiger charge is 2.48. The molecular formula is C11H17F2O7S-. The van der Waals surface area contributed by atoms with Gasteiger partial charge in [-0.3, -0.25) is 4.79 Å². The molecule has 0 aromatic heterocycles. The van der Waals surface area contributed by atoms with Crippen LogP contribution in [0.4, 0.5) is 8.78 Å². The zero-order valence-corrected chi connectivity index (χ0v) is 12.5. The molecule has 0 fully saturated rings. The van der Waals surface area contributed by atoms with E-state index in [-0.39, 0.29) is 25.4 Å². The van der Waals surface area contributed by atoms with Crippen LogP contribution in [0.2, 0.25) is 0 Å². The van der Waals surface area contributed by atoms with Crippen LogP contribution in [0.25, 0.3) is 0 Å². The summed E-state index contributed by atoms with van der Waals surface area (Å²) in [6, 6.07) is 0. The topological polar surface area (TPSA) is 110 Å². The smallest absolute Gasteiger partial charge is 0.428 e. The van der Waals surface area contributed by atoms with E-state index in [9.17, 15) is 31.3 Å². The molecule has 0 aliphatic rings. The first-order valence-electron chi connectivity index (χ1n) is 6.21. The maximum absolute atomic E-state index is 12.7. The van der Waals surface area contributed by atoms with E-state index < -0.39 is 33.9 Å². The standard InChI is InChI=1S/C11H18F2O7S/c1-3-8(2)9(14)19-6-4-5-7-20-10(15)11(12,13)21(16,17)18/h8H,3-7H2,1-2H3,(H,16,17,18)/p-1. The lowest BCUT2D eigenvalue weighted by atomic mass is 10.1. The van der Waals surface area contributed by atoms with Gasteiger partial charge in [0.15, 0.2) is 10.1 Å². The molecule has 0 amide bonds. The highest BCUT2D eigenvalue weighted by molar-refractivity contribution is 7.87. The van der Waals surface area contributed by atoms with Crippen molar-refractivity contribution in [1.82, 2.24) is 0 Å². The molecule has 0 aromatic rings. The second-order valence-corrected chi connectivity index (χ2v) is 5.71. The molecule has 7 nitrogen and oxygen atoms in total. The van der Waals surface area contributed by atoms with E-state index in [1.54, 1.807) is 6.92 Å². The van der Waals surface area contributed by atoms with E-state index >= 15 is 0 Å². The van der Waals surface area contributed by atoms with Crippen LogP contribution >= 0.6 is 0 Å². The molecule has 0 N–H and O–H groups in total. The third-order valence-corrected chi connectivity index (χ3v) is 3.38. The summed E-state index contributed by atoms with van der Waals surface area (Å²) in [5.74, 6) is -3.05. The summed E-state index contributed by atoms with van der Waals surface area (Å²) in [5.41, 5.74) is 0. The van der Waals surface area contributed by atoms with Crippen molar-refractivity contribution >= 4 is 22.1 Å². The summed E-state index contributed by atoms with van der Waals surface area (Å²) in [5, 5.41) is -5.10. The molecule has 0 aliphatic heterocycles. The fourth-order valence-electron chi connectivity index (χ4n) is 1.04. The van der Waals surface area contributed by atoms with Gasteiger partial charge in [-0.15, -0.1) is 0 Å². The molecule has 0 spiro atoms. The first-order chi connectivity index (χ1) is 9.54. The Morgan fingerprint density at radius 2 is 1.67 bits per heavy atom. The molecule has 0 bridgehead atoms. The van der Waals surface area contributed by atoms with Crippen molar-refractivity contribution in [3.8, 4) is 0 Å². The maximum atomic E-state index is 12.7. The number of unbranched alkanes of at least 4 members (excludes halogenated alkanes) is 1. The molecule has 21 heavy (non-hydrogen) atoms. The van der Waals surface area contributed by atoms with Gasteiger partial charge in [0.1, 0.15) is 0 Å². The molecule has 0 saturated carbocycles. The normalized spacial score (nSPS) is 13.6. The second-order valence-electron chi connectivity index (χ2n) is 4.29. The van der Waals surface area contributed by atoms with Crippen molar-refractivity contribution < 1.29 is 40.8 Å². The number of alkyl halides is 2. The van der Waals surface area contributed by atoms with Crippen molar-refractivity contribution in [1.29, 1.82) is 0 Å². The van der Waals surface area contributed by atoms with E-state index in [0.29, 0.717) is 6.42 Å². The Morgan fingerprint density at radius 3 is 2.10 bits per heavy atom. The van der Waals surface area contributed by atoms with Gasteiger partial charge in [0, 0.05) is 0 Å². The lowest BCUT2D eigenvalue weighted by Crippen LogP contribution is -2.39. The van der Waals surface area contributed by atoms with Crippen molar-refractivity contribution in [3.05, 3.63) is 0 Å². The molecule has 0 radical (unpaired) electrons. The second kappa shape index (κ2) is 8.23. The summed E-state index contributed by atoms with van der Waals surface area (Å²) in [6.45, 7) is 3.02. The van der Waals surface area contributed by atoms with Gasteiger partial charge in [-0.25, -0.2) is 13.2 Å². The third kappa shape index (κ3) is 6.34.